The van der Waals surface area contributed by atoms with Crippen molar-refractivity contribution >= 4 is 39.2 Å². The van der Waals surface area contributed by atoms with Crippen LogP contribution in [0.25, 0.3) is 21.7 Å². The van der Waals surface area contributed by atoms with Gasteiger partial charge in [-0.15, -0.1) is 0 Å². The molecule has 0 bridgehead atoms. The van der Waals surface area contributed by atoms with E-state index in [1.165, 1.54) is 0 Å². The van der Waals surface area contributed by atoms with E-state index in [-0.39, 0.29) is 17.9 Å². The Hall–Kier alpha value is -3.25. The van der Waals surface area contributed by atoms with Crippen molar-refractivity contribution in [3.05, 3.63) is 80.9 Å². The molecule has 2 aromatic carbocycles. The third-order valence-electron chi connectivity index (χ3n) is 4.38. The second kappa shape index (κ2) is 6.81. The lowest BCUT2D eigenvalue weighted by Crippen LogP contribution is -2.16. The zero-order chi connectivity index (χ0) is 19.0. The fraction of sp³-hybridized carbons (Fsp3) is 0.100. The molecule has 0 aliphatic rings. The number of pyridine rings is 1. The first-order chi connectivity index (χ1) is 13.1. The van der Waals surface area contributed by atoms with E-state index in [9.17, 15) is 9.59 Å². The molecule has 4 aromatic rings. The van der Waals surface area contributed by atoms with Gasteiger partial charge < -0.3 is 4.74 Å². The van der Waals surface area contributed by atoms with E-state index in [1.807, 2.05) is 31.2 Å². The predicted molar refractivity (Wildman–Crippen MR) is 103 cm³/mol. The number of benzene rings is 2. The van der Waals surface area contributed by atoms with Gasteiger partial charge in [0, 0.05) is 10.8 Å². The average Bonchev–Trinajstić information content (AvgIpc) is 2.70. The van der Waals surface area contributed by atoms with Crippen molar-refractivity contribution in [2.75, 3.05) is 0 Å². The number of hydrogen-bond acceptors (Lipinski definition) is 5. The number of hydrogen-bond donors (Lipinski definition) is 1. The summed E-state index contributed by atoms with van der Waals surface area (Å²) in [4.78, 5) is 28.9. The lowest BCUT2D eigenvalue weighted by Gasteiger charge is -2.11. The number of aromatic nitrogens is 3. The molecule has 0 aliphatic carbocycles. The second-order valence-electron chi connectivity index (χ2n) is 6.04. The van der Waals surface area contributed by atoms with E-state index < -0.39 is 5.97 Å². The molecule has 0 saturated carbocycles. The highest BCUT2D eigenvalue weighted by Crippen LogP contribution is 2.27. The number of aromatic amines is 1. The number of ether oxygens (including phenoxy) is 1. The number of nitrogens with zero attached hydrogens (tertiary/aromatic N) is 2. The van der Waals surface area contributed by atoms with Crippen LogP contribution in [0.15, 0.2) is 53.3 Å². The van der Waals surface area contributed by atoms with E-state index in [0.717, 1.165) is 16.5 Å². The number of H-pyrrole nitrogens is 1. The van der Waals surface area contributed by atoms with Gasteiger partial charge in [0.1, 0.15) is 6.61 Å². The highest BCUT2D eigenvalue weighted by Gasteiger charge is 2.17. The van der Waals surface area contributed by atoms with E-state index in [2.05, 4.69) is 15.2 Å². The number of halogens is 1. The molecule has 0 radical (unpaired) electrons. The van der Waals surface area contributed by atoms with E-state index in [4.69, 9.17) is 16.3 Å². The molecule has 7 heteroatoms. The van der Waals surface area contributed by atoms with Gasteiger partial charge in [-0.1, -0.05) is 48.0 Å². The Kier molecular flexibility index (Phi) is 4.33. The fourth-order valence-electron chi connectivity index (χ4n) is 2.99. The number of esters is 1. The molecule has 0 saturated heterocycles. The van der Waals surface area contributed by atoms with E-state index in [0.29, 0.717) is 21.5 Å². The molecule has 0 amide bonds. The van der Waals surface area contributed by atoms with Crippen LogP contribution >= 0.6 is 11.6 Å². The number of fused-ring (bicyclic) bond motifs is 2. The Bertz CT molecular complexity index is 1250. The molecular formula is C20H14ClN3O3. The molecule has 2 heterocycles. The van der Waals surface area contributed by atoms with Crippen LogP contribution in [-0.2, 0) is 11.3 Å². The van der Waals surface area contributed by atoms with Crippen molar-refractivity contribution in [1.29, 1.82) is 0 Å². The van der Waals surface area contributed by atoms with Crippen molar-refractivity contribution in [2.45, 2.75) is 13.5 Å². The summed E-state index contributed by atoms with van der Waals surface area (Å²) in [6, 6.07) is 14.3. The second-order valence-corrected chi connectivity index (χ2v) is 6.42. The SMILES string of the molecule is Cc1c(Cl)c(COC(=O)c2n[nH]c(=O)c3ccccc23)nc2ccccc12. The summed E-state index contributed by atoms with van der Waals surface area (Å²) in [5.41, 5.74) is 1.80. The molecule has 2 aromatic heterocycles. The minimum atomic E-state index is -0.661. The molecule has 0 fully saturated rings. The maximum atomic E-state index is 12.5. The summed E-state index contributed by atoms with van der Waals surface area (Å²) in [5.74, 6) is -0.661. The van der Waals surface area contributed by atoms with Gasteiger partial charge in [-0.2, -0.15) is 5.10 Å². The summed E-state index contributed by atoms with van der Waals surface area (Å²) in [6.07, 6.45) is 0. The lowest BCUT2D eigenvalue weighted by molar-refractivity contribution is 0.0462. The lowest BCUT2D eigenvalue weighted by atomic mass is 10.1. The van der Waals surface area contributed by atoms with E-state index in [1.54, 1.807) is 24.3 Å². The number of nitrogens with one attached hydrogen (secondary N) is 1. The third-order valence-corrected chi connectivity index (χ3v) is 4.88. The number of para-hydroxylation sites is 1. The third kappa shape index (κ3) is 3.04. The van der Waals surface area contributed by atoms with Crippen LogP contribution in [0.3, 0.4) is 0 Å². The zero-order valence-electron chi connectivity index (χ0n) is 14.3. The monoisotopic (exact) mass is 379 g/mol. The summed E-state index contributed by atoms with van der Waals surface area (Å²) < 4.78 is 5.38. The number of rotatable bonds is 3. The molecule has 6 nitrogen and oxygen atoms in total. The molecule has 0 spiro atoms. The van der Waals surface area contributed by atoms with Crippen molar-refractivity contribution in [2.24, 2.45) is 0 Å². The normalized spacial score (nSPS) is 11.0. The van der Waals surface area contributed by atoms with Gasteiger partial charge in [-0.3, -0.25) is 4.79 Å². The first-order valence-electron chi connectivity index (χ1n) is 8.24. The van der Waals surface area contributed by atoms with Gasteiger partial charge in [0.25, 0.3) is 5.56 Å². The van der Waals surface area contributed by atoms with Crippen molar-refractivity contribution < 1.29 is 9.53 Å². The summed E-state index contributed by atoms with van der Waals surface area (Å²) in [7, 11) is 0. The molecule has 27 heavy (non-hydrogen) atoms. The number of carbonyl (C=O) groups excluding carboxylic acids is 1. The minimum Gasteiger partial charge on any atom is -0.454 e. The van der Waals surface area contributed by atoms with Crippen LogP contribution in [0.1, 0.15) is 21.7 Å². The van der Waals surface area contributed by atoms with Gasteiger partial charge in [0.05, 0.1) is 21.6 Å². The van der Waals surface area contributed by atoms with Crippen LogP contribution in [0.5, 0.6) is 0 Å². The Balaban J connectivity index is 1.66. The first kappa shape index (κ1) is 17.2. The van der Waals surface area contributed by atoms with Crippen molar-refractivity contribution in [3.63, 3.8) is 0 Å². The Labute approximate surface area is 158 Å². The molecule has 4 rings (SSSR count). The smallest absolute Gasteiger partial charge is 0.359 e. The van der Waals surface area contributed by atoms with Crippen LogP contribution in [-0.4, -0.2) is 21.2 Å². The summed E-state index contributed by atoms with van der Waals surface area (Å²) in [5, 5.41) is 8.37. The first-order valence-corrected chi connectivity index (χ1v) is 8.62. The van der Waals surface area contributed by atoms with Crippen LogP contribution < -0.4 is 5.56 Å². The molecule has 0 atom stereocenters. The topological polar surface area (TPSA) is 84.9 Å². The zero-order valence-corrected chi connectivity index (χ0v) is 15.1. The number of aryl methyl sites for hydroxylation is 1. The highest BCUT2D eigenvalue weighted by atomic mass is 35.5. The van der Waals surface area contributed by atoms with Gasteiger partial charge in [0.2, 0.25) is 0 Å². The summed E-state index contributed by atoms with van der Waals surface area (Å²) in [6.45, 7) is 1.80. The summed E-state index contributed by atoms with van der Waals surface area (Å²) >= 11 is 6.40. The molecule has 0 aliphatic heterocycles. The van der Waals surface area contributed by atoms with Gasteiger partial charge in [0.15, 0.2) is 5.69 Å². The minimum absolute atomic E-state index is 0.0406. The highest BCUT2D eigenvalue weighted by molar-refractivity contribution is 6.32. The molecule has 1 N–H and O–H groups in total. The van der Waals surface area contributed by atoms with Crippen LogP contribution in [0, 0.1) is 6.92 Å². The van der Waals surface area contributed by atoms with E-state index >= 15 is 0 Å². The van der Waals surface area contributed by atoms with Crippen molar-refractivity contribution in [1.82, 2.24) is 15.2 Å². The van der Waals surface area contributed by atoms with Crippen LogP contribution in [0.2, 0.25) is 5.02 Å². The Morgan fingerprint density at radius 2 is 1.74 bits per heavy atom. The standard InChI is InChI=1S/C20H14ClN3O3/c1-11-12-6-4-5-9-15(12)22-16(17(11)21)10-27-20(26)18-13-7-2-3-8-14(13)19(25)24-23-18/h2-9H,10H2,1H3,(H,24,25). The maximum absolute atomic E-state index is 12.5. The Morgan fingerprint density at radius 3 is 2.52 bits per heavy atom. The molecular weight excluding hydrogens is 366 g/mol. The molecule has 134 valence electrons. The van der Waals surface area contributed by atoms with Gasteiger partial charge >= 0.3 is 5.97 Å². The maximum Gasteiger partial charge on any atom is 0.359 e. The Morgan fingerprint density at radius 1 is 1.07 bits per heavy atom. The van der Waals surface area contributed by atoms with Crippen molar-refractivity contribution in [3.8, 4) is 0 Å². The average molecular weight is 380 g/mol. The largest absolute Gasteiger partial charge is 0.454 e. The van der Waals surface area contributed by atoms with Gasteiger partial charge in [-0.05, 0) is 24.6 Å². The van der Waals surface area contributed by atoms with Crippen LogP contribution in [0.4, 0.5) is 0 Å². The predicted octanol–water partition coefficient (Wildman–Crippen LogP) is 3.79. The molecule has 0 unspecified atom stereocenters. The quantitative estimate of drug-likeness (QED) is 0.547. The number of carbonyl (C=O) groups is 1. The van der Waals surface area contributed by atoms with Gasteiger partial charge in [-0.25, -0.2) is 14.9 Å². The fourth-order valence-corrected chi connectivity index (χ4v) is 3.18.